The molecule has 2 aromatic rings. The molecule has 0 amide bonds. The number of likely N-dealkylation sites (N-methyl/N-ethyl adjacent to an activating group) is 4. The molecule has 0 spiro atoms. The van der Waals surface area contributed by atoms with Crippen molar-refractivity contribution in [2.75, 3.05) is 94.5 Å². The first-order valence-corrected chi connectivity index (χ1v) is 17.8. The van der Waals surface area contributed by atoms with Gasteiger partial charge in [-0.2, -0.15) is 0 Å². The first-order valence-electron chi connectivity index (χ1n) is 15.6. The van der Waals surface area contributed by atoms with Crippen LogP contribution in [0.15, 0.2) is 48.5 Å². The predicted octanol–water partition coefficient (Wildman–Crippen LogP) is 7.87. The van der Waals surface area contributed by atoms with Crippen LogP contribution in [0.1, 0.15) is 74.6 Å². The molecule has 2 rings (SSSR count). The van der Waals surface area contributed by atoms with Gasteiger partial charge in [-0.1, -0.05) is 98.8 Å². The Morgan fingerprint density at radius 1 is 0.585 bits per heavy atom. The number of rotatable bonds is 14. The zero-order valence-electron chi connectivity index (χ0n) is 29.6. The summed E-state index contributed by atoms with van der Waals surface area (Å²) in [4.78, 5) is 4.23. The van der Waals surface area contributed by atoms with Gasteiger partial charge < -0.3 is 18.3 Å². The van der Waals surface area contributed by atoms with Crippen LogP contribution in [-0.2, 0) is 13.1 Å². The van der Waals surface area contributed by atoms with Gasteiger partial charge in [-0.05, 0) is 54.8 Å². The molecule has 0 saturated carbocycles. The molecule has 0 aliphatic carbocycles. The minimum atomic E-state index is 0.671. The van der Waals surface area contributed by atoms with Gasteiger partial charge in [-0.25, -0.2) is 0 Å². The van der Waals surface area contributed by atoms with Crippen LogP contribution in [0.4, 0.5) is 0 Å². The van der Waals surface area contributed by atoms with Crippen molar-refractivity contribution in [1.29, 1.82) is 0 Å². The highest BCUT2D eigenvalue weighted by atomic mass is 127. The van der Waals surface area contributed by atoms with Gasteiger partial charge in [-0.15, -0.1) is 0 Å². The highest BCUT2D eigenvalue weighted by molar-refractivity contribution is 14.1. The molecule has 0 aliphatic heterocycles. The highest BCUT2D eigenvalue weighted by Crippen LogP contribution is 2.21. The van der Waals surface area contributed by atoms with Crippen molar-refractivity contribution in [2.24, 2.45) is 0 Å². The van der Waals surface area contributed by atoms with Crippen LogP contribution in [-0.4, -0.2) is 113 Å². The Kier molecular flexibility index (Phi) is 18.9. The van der Waals surface area contributed by atoms with Gasteiger partial charge in [-0.3, -0.25) is 0 Å². The maximum absolute atomic E-state index is 2.33. The van der Waals surface area contributed by atoms with Crippen molar-refractivity contribution in [2.45, 2.75) is 65.5 Å². The standard InChI is InChI=1S/C18H34N2.C17H31N2.CH3I/c1-8-16(2)18-11-9-17(10-12-18)15-20(6,7)14-13-19(3,4)5;1-7-15(2)17-10-8-16(9-11-17)14-19(5,6)13-12-18(3)4;1-2/h9-12,16H,8,13-15H2,1-7H3;8-11,15H,7,12-14H2,1-6H3;1H3/q+2;+1;. The third kappa shape index (κ3) is 18.3. The number of halogens is 1. The molecule has 0 aliphatic rings. The lowest BCUT2D eigenvalue weighted by Crippen LogP contribution is -2.48. The molecule has 0 aromatic heterocycles. The maximum Gasteiger partial charge on any atom is 0.128 e. The summed E-state index contributed by atoms with van der Waals surface area (Å²) < 4.78 is 3.13. The Hall–Kier alpha value is -0.990. The van der Waals surface area contributed by atoms with Crippen LogP contribution in [0.5, 0.6) is 0 Å². The largest absolute Gasteiger partial charge is 0.326 e. The predicted molar refractivity (Wildman–Crippen MR) is 193 cm³/mol. The van der Waals surface area contributed by atoms with Crippen LogP contribution in [0.3, 0.4) is 0 Å². The van der Waals surface area contributed by atoms with E-state index < -0.39 is 0 Å². The molecule has 5 heteroatoms. The lowest BCUT2D eigenvalue weighted by atomic mass is 9.97. The Labute approximate surface area is 270 Å². The third-order valence-electron chi connectivity index (χ3n) is 8.07. The zero-order valence-corrected chi connectivity index (χ0v) is 31.8. The fraction of sp³-hybridized carbons (Fsp3) is 0.667. The SMILES string of the molecule is CCC(C)c1ccc(C[N+](C)(C)CCN(C)C)cc1.CCC(C)c1ccc(C[N+](C)(C)CC[N+](C)(C)C)cc1.CI. The third-order valence-corrected chi connectivity index (χ3v) is 8.07. The molecule has 41 heavy (non-hydrogen) atoms. The Balaban J connectivity index is 0.000000737. The van der Waals surface area contributed by atoms with Gasteiger partial charge >= 0.3 is 0 Å². The van der Waals surface area contributed by atoms with E-state index in [-0.39, 0.29) is 0 Å². The number of hydrogen-bond acceptors (Lipinski definition) is 1. The van der Waals surface area contributed by atoms with Gasteiger partial charge in [0.2, 0.25) is 0 Å². The molecule has 0 heterocycles. The van der Waals surface area contributed by atoms with E-state index >= 15 is 0 Å². The van der Waals surface area contributed by atoms with E-state index in [1.807, 2.05) is 4.93 Å². The second-order valence-corrected chi connectivity index (χ2v) is 14.6. The van der Waals surface area contributed by atoms with E-state index in [0.29, 0.717) is 11.8 Å². The first-order chi connectivity index (χ1) is 19.0. The van der Waals surface area contributed by atoms with Crippen molar-refractivity contribution >= 4 is 22.6 Å². The zero-order chi connectivity index (χ0) is 31.9. The molecular weight excluding hydrogens is 615 g/mol. The molecule has 2 aromatic carbocycles. The summed E-state index contributed by atoms with van der Waals surface area (Å²) in [7, 11) is 20.4. The molecule has 2 unspecified atom stereocenters. The second kappa shape index (κ2) is 19.3. The number of benzene rings is 2. The summed E-state index contributed by atoms with van der Waals surface area (Å²) >= 11 is 2.15. The minimum absolute atomic E-state index is 0.671. The number of nitrogens with zero attached hydrogens (tertiary/aromatic N) is 4. The molecule has 4 nitrogen and oxygen atoms in total. The van der Waals surface area contributed by atoms with E-state index in [1.165, 1.54) is 54.7 Å². The van der Waals surface area contributed by atoms with Crippen molar-refractivity contribution in [3.8, 4) is 0 Å². The average molecular weight is 684 g/mol. The summed E-state index contributed by atoms with van der Waals surface area (Å²) in [5, 5.41) is 0. The molecule has 0 bridgehead atoms. The summed E-state index contributed by atoms with van der Waals surface area (Å²) in [5.74, 6) is 1.34. The first kappa shape index (κ1) is 40.0. The smallest absolute Gasteiger partial charge is 0.128 e. The van der Waals surface area contributed by atoms with Crippen LogP contribution < -0.4 is 0 Å². The monoisotopic (exact) mass is 683 g/mol. The van der Waals surface area contributed by atoms with E-state index in [4.69, 9.17) is 0 Å². The van der Waals surface area contributed by atoms with Crippen molar-refractivity contribution in [1.82, 2.24) is 4.90 Å². The lowest BCUT2D eigenvalue weighted by Gasteiger charge is -2.33. The molecule has 0 saturated heterocycles. The minimum Gasteiger partial charge on any atom is -0.326 e. The lowest BCUT2D eigenvalue weighted by molar-refractivity contribution is -0.945. The van der Waals surface area contributed by atoms with Crippen LogP contribution in [0.25, 0.3) is 0 Å². The van der Waals surface area contributed by atoms with Crippen LogP contribution in [0.2, 0.25) is 0 Å². The number of alkyl halides is 1. The van der Waals surface area contributed by atoms with Gasteiger partial charge in [0.25, 0.3) is 0 Å². The topological polar surface area (TPSA) is 3.24 Å². The molecule has 0 fully saturated rings. The average Bonchev–Trinajstić information content (AvgIpc) is 2.91. The van der Waals surface area contributed by atoms with Crippen molar-refractivity contribution in [3.63, 3.8) is 0 Å². The normalized spacial score (nSPS) is 13.6. The second-order valence-electron chi connectivity index (χ2n) is 14.6. The fourth-order valence-corrected chi connectivity index (χ4v) is 4.56. The quantitative estimate of drug-likeness (QED) is 0.111. The summed E-state index contributed by atoms with van der Waals surface area (Å²) in [6, 6.07) is 18.5. The van der Waals surface area contributed by atoms with Gasteiger partial charge in [0.05, 0.1) is 55.9 Å². The van der Waals surface area contributed by atoms with Gasteiger partial charge in [0, 0.05) is 17.7 Å². The molecular formula is C36H68IN4+3. The molecule has 2 atom stereocenters. The Bertz CT molecular complexity index is 928. The van der Waals surface area contributed by atoms with E-state index in [1.54, 1.807) is 0 Å². The van der Waals surface area contributed by atoms with E-state index in [9.17, 15) is 0 Å². The number of quaternary nitrogens is 3. The fourth-order valence-electron chi connectivity index (χ4n) is 4.56. The Morgan fingerprint density at radius 2 is 0.927 bits per heavy atom. The molecule has 0 N–H and O–H groups in total. The van der Waals surface area contributed by atoms with Gasteiger partial charge in [0.15, 0.2) is 0 Å². The number of hydrogen-bond donors (Lipinski definition) is 0. The van der Waals surface area contributed by atoms with E-state index in [0.717, 1.165) is 33.1 Å². The highest BCUT2D eigenvalue weighted by Gasteiger charge is 2.20. The maximum atomic E-state index is 2.33. The van der Waals surface area contributed by atoms with Crippen LogP contribution in [0, 0.1) is 0 Å². The summed E-state index contributed by atoms with van der Waals surface area (Å²) in [6.07, 6.45) is 2.42. The van der Waals surface area contributed by atoms with Crippen LogP contribution >= 0.6 is 22.6 Å². The summed E-state index contributed by atoms with van der Waals surface area (Å²) in [6.45, 7) is 16.0. The van der Waals surface area contributed by atoms with E-state index in [2.05, 4.69) is 167 Å². The molecule has 236 valence electrons. The Morgan fingerprint density at radius 3 is 1.22 bits per heavy atom. The van der Waals surface area contributed by atoms with Crippen molar-refractivity contribution < 1.29 is 13.4 Å². The van der Waals surface area contributed by atoms with Gasteiger partial charge in [0.1, 0.15) is 26.2 Å². The summed E-state index contributed by atoms with van der Waals surface area (Å²) in [5.41, 5.74) is 5.82. The van der Waals surface area contributed by atoms with Crippen molar-refractivity contribution in [3.05, 3.63) is 70.8 Å². The molecule has 0 radical (unpaired) electrons.